The summed E-state index contributed by atoms with van der Waals surface area (Å²) in [5.74, 6) is 3.03. The van der Waals surface area contributed by atoms with Gasteiger partial charge in [0, 0.05) is 29.6 Å². The first-order chi connectivity index (χ1) is 22.2. The number of unbranched alkanes of at least 4 members (excludes halogenated alkanes) is 1. The Kier molecular flexibility index (Phi) is 8.12. The van der Waals surface area contributed by atoms with E-state index in [-0.39, 0.29) is 12.8 Å². The molecule has 0 spiro atoms. The number of nitrogens with two attached hydrogens (primary N) is 1. The van der Waals surface area contributed by atoms with Crippen molar-refractivity contribution in [3.63, 3.8) is 0 Å². The predicted molar refractivity (Wildman–Crippen MR) is 178 cm³/mol. The van der Waals surface area contributed by atoms with Gasteiger partial charge < -0.3 is 25.1 Å². The molecule has 7 rings (SSSR count). The first-order valence-corrected chi connectivity index (χ1v) is 15.5. The van der Waals surface area contributed by atoms with Crippen molar-refractivity contribution in [2.45, 2.75) is 45.3 Å². The summed E-state index contributed by atoms with van der Waals surface area (Å²) in [6, 6.07) is 33.3. The molecule has 0 saturated carbocycles. The minimum atomic E-state index is -0.0754. The molecule has 6 aromatic rings. The van der Waals surface area contributed by atoms with Gasteiger partial charge in [-0.3, -0.25) is 0 Å². The van der Waals surface area contributed by atoms with E-state index in [2.05, 4.69) is 99.6 Å². The van der Waals surface area contributed by atoms with E-state index >= 15 is 0 Å². The van der Waals surface area contributed by atoms with Gasteiger partial charge in [0.15, 0.2) is 11.5 Å². The normalized spacial score (nSPS) is 12.9. The van der Waals surface area contributed by atoms with Crippen LogP contribution in [0, 0.1) is 0 Å². The monoisotopic (exact) mass is 596 g/mol. The number of nitrogen functional groups attached to an aromatic ring is 1. The highest BCUT2D eigenvalue weighted by molar-refractivity contribution is 5.88. The number of ether oxygens (including phenoxy) is 2. The summed E-state index contributed by atoms with van der Waals surface area (Å²) in [5, 5.41) is 4.79. The molecule has 4 aromatic carbocycles. The summed E-state index contributed by atoms with van der Waals surface area (Å²) < 4.78 is 13.8. The fraction of sp³-hybridized carbons (Fsp3) is 0.216. The lowest BCUT2D eigenvalue weighted by Crippen LogP contribution is -2.26. The molecule has 1 atom stereocenters. The second kappa shape index (κ2) is 12.8. The highest BCUT2D eigenvalue weighted by atomic mass is 16.7. The number of benzene rings is 4. The zero-order valence-corrected chi connectivity index (χ0v) is 25.3. The van der Waals surface area contributed by atoms with Gasteiger partial charge in [0.1, 0.15) is 18.0 Å². The van der Waals surface area contributed by atoms with E-state index in [1.165, 1.54) is 12.0 Å². The number of aromatic nitrogens is 4. The first-order valence-electron chi connectivity index (χ1n) is 15.5. The van der Waals surface area contributed by atoms with Crippen LogP contribution in [0.25, 0.3) is 33.5 Å². The van der Waals surface area contributed by atoms with E-state index in [0.717, 1.165) is 82.0 Å². The topological polar surface area (TPSA) is 100 Å². The van der Waals surface area contributed by atoms with Crippen molar-refractivity contribution >= 4 is 16.7 Å². The Balaban J connectivity index is 1.35. The summed E-state index contributed by atoms with van der Waals surface area (Å²) in [7, 11) is 0. The molecule has 45 heavy (non-hydrogen) atoms. The third kappa shape index (κ3) is 5.97. The van der Waals surface area contributed by atoms with Crippen molar-refractivity contribution in [3.8, 4) is 34.1 Å². The van der Waals surface area contributed by atoms with Gasteiger partial charge in [-0.05, 0) is 48.2 Å². The van der Waals surface area contributed by atoms with Crippen molar-refractivity contribution in [2.24, 2.45) is 0 Å². The molecule has 0 bridgehead atoms. The average Bonchev–Trinajstić information content (AvgIpc) is 3.71. The first kappa shape index (κ1) is 28.6. The second-order valence-electron chi connectivity index (χ2n) is 11.3. The highest BCUT2D eigenvalue weighted by Crippen LogP contribution is 2.38. The van der Waals surface area contributed by atoms with E-state index in [0.29, 0.717) is 12.4 Å². The standard InChI is InChI=1S/C37H36N6O2/c1-2-3-18-43-35(34(27-10-6-4-7-11-27)42-37(43)28-12-8-5-9-13-28)31(19-25-15-17-32-33(21-25)45-24-44-32)39-22-26-14-16-29-30(20-26)40-23-41-36(29)38/h4-17,20-21,23,31,39H,2-3,18-19,22,24H2,1H3,(H2,38,40,41). The van der Waals surface area contributed by atoms with E-state index < -0.39 is 0 Å². The van der Waals surface area contributed by atoms with Gasteiger partial charge in [-0.25, -0.2) is 15.0 Å². The minimum Gasteiger partial charge on any atom is -0.454 e. The summed E-state index contributed by atoms with van der Waals surface area (Å²) >= 11 is 0. The smallest absolute Gasteiger partial charge is 0.231 e. The third-order valence-electron chi connectivity index (χ3n) is 8.31. The molecular weight excluding hydrogens is 560 g/mol. The van der Waals surface area contributed by atoms with E-state index in [1.807, 2.05) is 24.3 Å². The van der Waals surface area contributed by atoms with Crippen molar-refractivity contribution < 1.29 is 9.47 Å². The van der Waals surface area contributed by atoms with E-state index in [1.54, 1.807) is 0 Å². The van der Waals surface area contributed by atoms with Crippen LogP contribution in [0.5, 0.6) is 11.5 Å². The number of hydrogen-bond donors (Lipinski definition) is 2. The summed E-state index contributed by atoms with van der Waals surface area (Å²) in [5.41, 5.74) is 13.6. The molecule has 0 saturated heterocycles. The Morgan fingerprint density at radius 1 is 0.844 bits per heavy atom. The molecule has 0 fully saturated rings. The van der Waals surface area contributed by atoms with Crippen LogP contribution in [-0.2, 0) is 19.5 Å². The lowest BCUT2D eigenvalue weighted by Gasteiger charge is -2.24. The number of anilines is 1. The summed E-state index contributed by atoms with van der Waals surface area (Å²) in [6.07, 6.45) is 4.36. The molecule has 0 amide bonds. The molecule has 1 unspecified atom stereocenters. The van der Waals surface area contributed by atoms with Crippen LogP contribution in [0.4, 0.5) is 5.82 Å². The number of nitrogens with one attached hydrogen (secondary N) is 1. The predicted octanol–water partition coefficient (Wildman–Crippen LogP) is 7.34. The van der Waals surface area contributed by atoms with Gasteiger partial charge in [-0.2, -0.15) is 0 Å². The molecule has 0 aliphatic carbocycles. The maximum absolute atomic E-state index is 6.11. The maximum atomic E-state index is 6.11. The number of hydrogen-bond acceptors (Lipinski definition) is 7. The highest BCUT2D eigenvalue weighted by Gasteiger charge is 2.27. The van der Waals surface area contributed by atoms with Crippen LogP contribution < -0.4 is 20.5 Å². The van der Waals surface area contributed by atoms with Gasteiger partial charge in [-0.15, -0.1) is 0 Å². The zero-order chi connectivity index (χ0) is 30.6. The molecule has 8 nitrogen and oxygen atoms in total. The molecule has 3 heterocycles. The van der Waals surface area contributed by atoms with Crippen molar-refractivity contribution in [1.29, 1.82) is 0 Å². The number of rotatable bonds is 11. The largest absolute Gasteiger partial charge is 0.454 e. The molecule has 8 heteroatoms. The number of fused-ring (bicyclic) bond motifs is 2. The van der Waals surface area contributed by atoms with E-state index in [4.69, 9.17) is 20.2 Å². The molecule has 1 aliphatic rings. The Morgan fingerprint density at radius 2 is 1.60 bits per heavy atom. The Labute approximate surface area is 262 Å². The van der Waals surface area contributed by atoms with E-state index in [9.17, 15) is 0 Å². The van der Waals surface area contributed by atoms with Gasteiger partial charge in [0.2, 0.25) is 6.79 Å². The van der Waals surface area contributed by atoms with Crippen LogP contribution in [-0.4, -0.2) is 26.3 Å². The van der Waals surface area contributed by atoms with Gasteiger partial charge in [0.25, 0.3) is 0 Å². The molecule has 3 N–H and O–H groups in total. The van der Waals surface area contributed by atoms with Gasteiger partial charge in [-0.1, -0.05) is 86.1 Å². The fourth-order valence-electron chi connectivity index (χ4n) is 6.02. The third-order valence-corrected chi connectivity index (χ3v) is 8.31. The van der Waals surface area contributed by atoms with Crippen molar-refractivity contribution in [1.82, 2.24) is 24.8 Å². The molecule has 0 radical (unpaired) electrons. The Bertz CT molecular complexity index is 1920. The van der Waals surface area contributed by atoms with Crippen LogP contribution in [0.1, 0.15) is 42.6 Å². The Hall–Kier alpha value is -5.21. The number of nitrogens with zero attached hydrogens (tertiary/aromatic N) is 4. The van der Waals surface area contributed by atoms with Crippen LogP contribution >= 0.6 is 0 Å². The lowest BCUT2D eigenvalue weighted by atomic mass is 9.98. The minimum absolute atomic E-state index is 0.0754. The van der Waals surface area contributed by atoms with Gasteiger partial charge in [0.05, 0.1) is 22.9 Å². The molecule has 226 valence electrons. The van der Waals surface area contributed by atoms with Crippen molar-refractivity contribution in [3.05, 3.63) is 120 Å². The summed E-state index contributed by atoms with van der Waals surface area (Å²) in [6.45, 7) is 3.97. The van der Waals surface area contributed by atoms with Crippen molar-refractivity contribution in [2.75, 3.05) is 12.5 Å². The lowest BCUT2D eigenvalue weighted by molar-refractivity contribution is 0.174. The number of imidazole rings is 1. The van der Waals surface area contributed by atoms with Crippen LogP contribution in [0.2, 0.25) is 0 Å². The van der Waals surface area contributed by atoms with Gasteiger partial charge >= 0.3 is 0 Å². The Morgan fingerprint density at radius 3 is 2.40 bits per heavy atom. The maximum Gasteiger partial charge on any atom is 0.231 e. The SMILES string of the molecule is CCCCn1c(-c2ccccc2)nc(-c2ccccc2)c1C(Cc1ccc2c(c1)OCO2)NCc1ccc2c(N)ncnc2c1. The quantitative estimate of drug-likeness (QED) is 0.161. The molecular formula is C37H36N6O2. The average molecular weight is 597 g/mol. The zero-order valence-electron chi connectivity index (χ0n) is 25.3. The second-order valence-corrected chi connectivity index (χ2v) is 11.3. The molecule has 1 aliphatic heterocycles. The van der Waals surface area contributed by atoms with Crippen LogP contribution in [0.3, 0.4) is 0 Å². The molecule has 2 aromatic heterocycles. The summed E-state index contributed by atoms with van der Waals surface area (Å²) in [4.78, 5) is 14.0. The fourth-order valence-corrected chi connectivity index (χ4v) is 6.02. The van der Waals surface area contributed by atoms with Crippen LogP contribution in [0.15, 0.2) is 103 Å².